The molecule has 3 aromatic rings. The molecule has 0 saturated carbocycles. The van der Waals surface area contributed by atoms with Crippen LogP contribution in [0.15, 0.2) is 70.4 Å². The monoisotopic (exact) mass is 370 g/mol. The van der Waals surface area contributed by atoms with Crippen LogP contribution in [-0.2, 0) is 21.7 Å². The Bertz CT molecular complexity index is 875. The fourth-order valence-electron chi connectivity index (χ4n) is 2.72. The third-order valence-corrected chi connectivity index (χ3v) is 5.33. The molecule has 0 aliphatic heterocycles. The van der Waals surface area contributed by atoms with E-state index in [1.165, 1.54) is 14.2 Å². The van der Waals surface area contributed by atoms with Crippen LogP contribution in [0.4, 0.5) is 0 Å². The number of hydrogen-bond acceptors (Lipinski definition) is 5. The molecule has 6 heteroatoms. The molecule has 134 valence electrons. The summed E-state index contributed by atoms with van der Waals surface area (Å²) < 4.78 is 28.3. The van der Waals surface area contributed by atoms with Crippen molar-refractivity contribution in [3.63, 3.8) is 0 Å². The highest BCUT2D eigenvalue weighted by Crippen LogP contribution is 2.37. The van der Waals surface area contributed by atoms with E-state index in [4.69, 9.17) is 13.9 Å². The van der Waals surface area contributed by atoms with Crippen molar-refractivity contribution in [3.8, 4) is 16.9 Å². The summed E-state index contributed by atoms with van der Waals surface area (Å²) in [5.41, 5.74) is 2.36. The zero-order valence-corrected chi connectivity index (χ0v) is 15.2. The molecule has 0 saturated heterocycles. The molecule has 0 N–H and O–H groups in total. The number of hydrogen-bond donors (Lipinski definition) is 0. The van der Waals surface area contributed by atoms with Crippen molar-refractivity contribution >= 4 is 17.1 Å². The number of methoxy groups -OCH3 is 2. The molecule has 1 unspecified atom stereocenters. The first kappa shape index (κ1) is 18.1. The Morgan fingerprint density at radius 2 is 1.88 bits per heavy atom. The second-order valence-corrected chi connectivity index (χ2v) is 6.94. The molecule has 0 amide bonds. The van der Waals surface area contributed by atoms with Crippen molar-refractivity contribution in [2.45, 2.75) is 10.6 Å². The molecule has 1 aromatic heterocycles. The number of carbonyl (C=O) groups excluding carboxylic acids is 1. The number of rotatable bonds is 6. The van der Waals surface area contributed by atoms with Gasteiger partial charge in [-0.15, -0.1) is 0 Å². The molecule has 0 spiro atoms. The predicted octanol–water partition coefficient (Wildman–Crippen LogP) is 4.05. The third-order valence-electron chi connectivity index (χ3n) is 3.96. The summed E-state index contributed by atoms with van der Waals surface area (Å²) in [5, 5.41) is 0. The van der Waals surface area contributed by atoms with E-state index < -0.39 is 17.1 Å². The minimum Gasteiger partial charge on any atom is -0.611 e. The quantitative estimate of drug-likeness (QED) is 0.483. The van der Waals surface area contributed by atoms with Gasteiger partial charge in [0.1, 0.15) is 17.1 Å². The lowest BCUT2D eigenvalue weighted by Gasteiger charge is -2.17. The van der Waals surface area contributed by atoms with Crippen LogP contribution in [-0.4, -0.2) is 24.7 Å². The van der Waals surface area contributed by atoms with Gasteiger partial charge in [-0.2, -0.15) is 0 Å². The predicted molar refractivity (Wildman–Crippen MR) is 98.6 cm³/mol. The van der Waals surface area contributed by atoms with E-state index >= 15 is 0 Å². The first-order valence-corrected chi connectivity index (χ1v) is 9.21. The fraction of sp³-hybridized carbons (Fsp3) is 0.150. The zero-order valence-electron chi connectivity index (χ0n) is 14.4. The maximum Gasteiger partial charge on any atom is 0.342 e. The van der Waals surface area contributed by atoms with Gasteiger partial charge < -0.3 is 18.4 Å². The van der Waals surface area contributed by atoms with Gasteiger partial charge in [0.15, 0.2) is 4.90 Å². The Hall–Kier alpha value is -2.70. The van der Waals surface area contributed by atoms with Crippen molar-refractivity contribution in [2.75, 3.05) is 14.2 Å². The molecule has 26 heavy (non-hydrogen) atoms. The minimum atomic E-state index is -1.30. The number of ether oxygens (including phenoxy) is 2. The molecular weight excluding hydrogens is 352 g/mol. The molecule has 0 bridgehead atoms. The maximum absolute atomic E-state index is 12.7. The van der Waals surface area contributed by atoms with Gasteiger partial charge in [0, 0.05) is 16.7 Å². The van der Waals surface area contributed by atoms with Crippen LogP contribution in [0, 0.1) is 0 Å². The summed E-state index contributed by atoms with van der Waals surface area (Å²) in [4.78, 5) is 13.1. The van der Waals surface area contributed by atoms with Gasteiger partial charge in [-0.25, -0.2) is 4.79 Å². The summed E-state index contributed by atoms with van der Waals surface area (Å²) in [6.45, 7) is 0. The van der Waals surface area contributed by atoms with Crippen molar-refractivity contribution in [3.05, 3.63) is 72.2 Å². The highest BCUT2D eigenvalue weighted by molar-refractivity contribution is 7.90. The Kier molecular flexibility index (Phi) is 5.65. The lowest BCUT2D eigenvalue weighted by atomic mass is 9.99. The van der Waals surface area contributed by atoms with E-state index in [9.17, 15) is 9.35 Å². The van der Waals surface area contributed by atoms with Crippen LogP contribution in [0.2, 0.25) is 0 Å². The lowest BCUT2D eigenvalue weighted by Crippen LogP contribution is -2.13. The number of furan rings is 1. The van der Waals surface area contributed by atoms with E-state index in [0.29, 0.717) is 21.8 Å². The molecule has 2 aromatic carbocycles. The Morgan fingerprint density at radius 1 is 1.12 bits per heavy atom. The van der Waals surface area contributed by atoms with Crippen molar-refractivity contribution < 1.29 is 23.2 Å². The molecule has 0 fully saturated rings. The Labute approximate surface area is 154 Å². The van der Waals surface area contributed by atoms with Crippen LogP contribution >= 0.6 is 0 Å². The van der Waals surface area contributed by atoms with Crippen LogP contribution in [0.1, 0.15) is 15.9 Å². The molecule has 5 nitrogen and oxygen atoms in total. The number of esters is 1. The first-order valence-electron chi connectivity index (χ1n) is 7.90. The fourth-order valence-corrected chi connectivity index (χ4v) is 3.87. The van der Waals surface area contributed by atoms with Crippen LogP contribution in [0.5, 0.6) is 5.75 Å². The SMILES string of the molecule is COC(=O)c1c(C[S+]([O-])c2ccccc2)ccc(-c2ccoc2)c1OC. The summed E-state index contributed by atoms with van der Waals surface area (Å²) in [6, 6.07) is 14.5. The standard InChI is InChI=1S/C20H18O5S/c1-23-19-17(14-10-11-25-12-14)9-8-15(18(19)20(21)24-2)13-26(22)16-6-4-3-5-7-16/h3-12H,13H2,1-2H3. The normalized spacial score (nSPS) is 11.8. The van der Waals surface area contributed by atoms with E-state index in [0.717, 1.165) is 5.56 Å². The first-order chi connectivity index (χ1) is 12.7. The highest BCUT2D eigenvalue weighted by atomic mass is 32.2. The average molecular weight is 370 g/mol. The van der Waals surface area contributed by atoms with E-state index in [-0.39, 0.29) is 11.3 Å². The summed E-state index contributed by atoms with van der Waals surface area (Å²) in [6.07, 6.45) is 3.12. The minimum absolute atomic E-state index is 0.177. The van der Waals surface area contributed by atoms with Gasteiger partial charge in [-0.05, 0) is 29.4 Å². The second kappa shape index (κ2) is 8.12. The molecule has 0 aliphatic rings. The van der Waals surface area contributed by atoms with Crippen molar-refractivity contribution in [1.82, 2.24) is 0 Å². The van der Waals surface area contributed by atoms with E-state index in [1.54, 1.807) is 36.8 Å². The van der Waals surface area contributed by atoms with Gasteiger partial charge in [0.2, 0.25) is 0 Å². The summed E-state index contributed by atoms with van der Waals surface area (Å²) in [5.74, 6) is 0.0179. The van der Waals surface area contributed by atoms with E-state index in [2.05, 4.69) is 0 Å². The summed E-state index contributed by atoms with van der Waals surface area (Å²) >= 11 is -1.30. The average Bonchev–Trinajstić information content (AvgIpc) is 3.22. The molecule has 1 atom stereocenters. The maximum atomic E-state index is 12.7. The third kappa shape index (κ3) is 3.61. The van der Waals surface area contributed by atoms with E-state index in [1.807, 2.05) is 24.3 Å². The van der Waals surface area contributed by atoms with Gasteiger partial charge in [0.25, 0.3) is 0 Å². The Balaban J connectivity index is 2.06. The Morgan fingerprint density at radius 3 is 2.50 bits per heavy atom. The molecule has 0 radical (unpaired) electrons. The van der Waals surface area contributed by atoms with Gasteiger partial charge in [-0.3, -0.25) is 0 Å². The lowest BCUT2D eigenvalue weighted by molar-refractivity contribution is 0.0596. The van der Waals surface area contributed by atoms with Crippen molar-refractivity contribution in [1.29, 1.82) is 0 Å². The highest BCUT2D eigenvalue weighted by Gasteiger charge is 2.25. The molecule has 3 rings (SSSR count). The van der Waals surface area contributed by atoms with Gasteiger partial charge in [0.05, 0.1) is 26.7 Å². The number of carbonyl (C=O) groups is 1. The summed E-state index contributed by atoms with van der Waals surface area (Å²) in [7, 11) is 2.80. The smallest absolute Gasteiger partial charge is 0.342 e. The van der Waals surface area contributed by atoms with Gasteiger partial charge >= 0.3 is 5.97 Å². The van der Waals surface area contributed by atoms with Crippen molar-refractivity contribution in [2.24, 2.45) is 0 Å². The number of benzene rings is 2. The molecule has 1 heterocycles. The largest absolute Gasteiger partial charge is 0.611 e. The zero-order chi connectivity index (χ0) is 18.5. The van der Waals surface area contributed by atoms with Crippen LogP contribution in [0.3, 0.4) is 0 Å². The molecule has 0 aliphatic carbocycles. The second-order valence-electron chi connectivity index (χ2n) is 5.49. The van der Waals surface area contributed by atoms with Crippen LogP contribution < -0.4 is 4.74 Å². The molecular formula is C20H18O5S. The topological polar surface area (TPSA) is 71.7 Å². The van der Waals surface area contributed by atoms with Crippen LogP contribution in [0.25, 0.3) is 11.1 Å². The van der Waals surface area contributed by atoms with Gasteiger partial charge in [-0.1, -0.05) is 30.3 Å².